The Labute approximate surface area is 364 Å². The summed E-state index contributed by atoms with van der Waals surface area (Å²) in [5.41, 5.74) is 0. The molecule has 344 valence electrons. The summed E-state index contributed by atoms with van der Waals surface area (Å²) in [6.07, 6.45) is 54.4. The van der Waals surface area contributed by atoms with Gasteiger partial charge in [-0.3, -0.25) is 13.8 Å². The van der Waals surface area contributed by atoms with E-state index in [1.165, 1.54) is 116 Å². The largest absolute Gasteiger partial charge is 0.472 e. The Balaban J connectivity index is 4.38. The molecule has 0 aliphatic heterocycles. The fraction of sp³-hybridized carbons (Fsp3) is 0.780. The van der Waals surface area contributed by atoms with Crippen LogP contribution < -0.4 is 5.32 Å². The van der Waals surface area contributed by atoms with E-state index in [0.29, 0.717) is 17.4 Å². The van der Waals surface area contributed by atoms with Crippen molar-refractivity contribution >= 4 is 13.7 Å². The van der Waals surface area contributed by atoms with Gasteiger partial charge in [0, 0.05) is 6.42 Å². The van der Waals surface area contributed by atoms with Gasteiger partial charge in [-0.25, -0.2) is 4.57 Å². The first-order valence-corrected chi connectivity index (χ1v) is 25.7. The highest BCUT2D eigenvalue weighted by Gasteiger charge is 2.27. The molecule has 59 heavy (non-hydrogen) atoms. The van der Waals surface area contributed by atoms with E-state index >= 15 is 0 Å². The molecule has 8 nitrogen and oxygen atoms in total. The minimum Gasteiger partial charge on any atom is -0.387 e. The van der Waals surface area contributed by atoms with Gasteiger partial charge in [-0.1, -0.05) is 177 Å². The fourth-order valence-electron chi connectivity index (χ4n) is 6.57. The maximum Gasteiger partial charge on any atom is 0.472 e. The Kier molecular flexibility index (Phi) is 40.3. The number of nitrogens with one attached hydrogen (secondary N) is 1. The number of aliphatic hydroxyl groups excluding tert-OH is 1. The Morgan fingerprint density at radius 3 is 1.47 bits per heavy atom. The first kappa shape index (κ1) is 57.2. The van der Waals surface area contributed by atoms with Crippen molar-refractivity contribution in [1.82, 2.24) is 5.32 Å². The number of amides is 1. The summed E-state index contributed by atoms with van der Waals surface area (Å²) < 4.78 is 23.5. The second-order valence-corrected chi connectivity index (χ2v) is 18.9. The SMILES string of the molecule is CCCCCC/C=C/CC/C=C/CC/C=C/C(O)C(COP(=O)(O)OCC[N+](C)(C)C)NC(=O)CCCCCCCCC/C=C\C/C=C\CCCCCCCCCCC. The molecule has 0 heterocycles. The lowest BCUT2D eigenvalue weighted by Crippen LogP contribution is -2.45. The molecule has 0 saturated heterocycles. The van der Waals surface area contributed by atoms with Gasteiger partial charge in [0.15, 0.2) is 0 Å². The number of nitrogens with zero attached hydrogens (tertiary/aromatic N) is 1. The van der Waals surface area contributed by atoms with Crippen molar-refractivity contribution in [3.05, 3.63) is 60.8 Å². The fourth-order valence-corrected chi connectivity index (χ4v) is 7.31. The van der Waals surface area contributed by atoms with Gasteiger partial charge in [0.1, 0.15) is 13.2 Å². The Morgan fingerprint density at radius 1 is 0.576 bits per heavy atom. The van der Waals surface area contributed by atoms with Crippen LogP contribution in [-0.4, -0.2) is 73.4 Å². The number of aliphatic hydroxyl groups is 1. The van der Waals surface area contributed by atoms with Crippen molar-refractivity contribution in [1.29, 1.82) is 0 Å². The molecule has 3 unspecified atom stereocenters. The summed E-state index contributed by atoms with van der Waals surface area (Å²) in [6.45, 7) is 4.75. The van der Waals surface area contributed by atoms with Crippen molar-refractivity contribution in [2.24, 2.45) is 0 Å². The zero-order valence-electron chi connectivity index (χ0n) is 39.0. The molecule has 0 aliphatic carbocycles. The number of carbonyl (C=O) groups excluding carboxylic acids is 1. The van der Waals surface area contributed by atoms with E-state index < -0.39 is 20.0 Å². The smallest absolute Gasteiger partial charge is 0.387 e. The summed E-state index contributed by atoms with van der Waals surface area (Å²) in [7, 11) is 1.53. The van der Waals surface area contributed by atoms with Crippen molar-refractivity contribution in [3.63, 3.8) is 0 Å². The van der Waals surface area contributed by atoms with Crippen LogP contribution in [0.25, 0.3) is 0 Å². The van der Waals surface area contributed by atoms with Gasteiger partial charge in [-0.2, -0.15) is 0 Å². The van der Waals surface area contributed by atoms with Crippen LogP contribution in [-0.2, 0) is 18.4 Å². The van der Waals surface area contributed by atoms with Crippen LogP contribution in [0.1, 0.15) is 200 Å². The first-order valence-electron chi connectivity index (χ1n) is 24.2. The normalized spacial score (nSPS) is 14.8. The van der Waals surface area contributed by atoms with Crippen molar-refractivity contribution in [2.75, 3.05) is 40.9 Å². The zero-order valence-corrected chi connectivity index (χ0v) is 39.9. The van der Waals surface area contributed by atoms with Gasteiger partial charge in [0.25, 0.3) is 0 Å². The Morgan fingerprint density at radius 2 is 0.983 bits per heavy atom. The van der Waals surface area contributed by atoms with Gasteiger partial charge < -0.3 is 19.8 Å². The van der Waals surface area contributed by atoms with E-state index in [-0.39, 0.29) is 19.1 Å². The molecule has 9 heteroatoms. The van der Waals surface area contributed by atoms with Crippen LogP contribution in [0.5, 0.6) is 0 Å². The highest BCUT2D eigenvalue weighted by Crippen LogP contribution is 2.43. The van der Waals surface area contributed by atoms with Crippen LogP contribution >= 0.6 is 7.82 Å². The summed E-state index contributed by atoms with van der Waals surface area (Å²) in [6, 6.07) is -0.875. The molecule has 0 fully saturated rings. The van der Waals surface area contributed by atoms with Gasteiger partial charge >= 0.3 is 7.82 Å². The maximum atomic E-state index is 12.9. The molecule has 0 radical (unpaired) electrons. The Bertz CT molecular complexity index is 1140. The number of phosphoric ester groups is 1. The molecular weight excluding hydrogens is 756 g/mol. The number of hydrogen-bond acceptors (Lipinski definition) is 5. The number of unbranched alkanes of at least 4 members (excludes halogenated alkanes) is 22. The number of carbonyl (C=O) groups is 1. The molecule has 0 aromatic heterocycles. The predicted molar refractivity (Wildman–Crippen MR) is 254 cm³/mol. The molecule has 0 rings (SSSR count). The predicted octanol–water partition coefficient (Wildman–Crippen LogP) is 13.8. The van der Waals surface area contributed by atoms with Crippen molar-refractivity contribution in [2.45, 2.75) is 212 Å². The summed E-state index contributed by atoms with van der Waals surface area (Å²) in [5, 5.41) is 13.8. The number of quaternary nitrogens is 1. The molecular formula is C50H94N2O6P+. The van der Waals surface area contributed by atoms with Gasteiger partial charge in [-0.15, -0.1) is 0 Å². The molecule has 0 bridgehead atoms. The van der Waals surface area contributed by atoms with Gasteiger partial charge in [-0.05, 0) is 77.0 Å². The molecule has 0 aliphatic rings. The zero-order chi connectivity index (χ0) is 43.6. The molecule has 0 spiro atoms. The quantitative estimate of drug-likeness (QED) is 0.0244. The summed E-state index contributed by atoms with van der Waals surface area (Å²) >= 11 is 0. The number of hydrogen-bond donors (Lipinski definition) is 3. The molecule has 3 N–H and O–H groups in total. The topological polar surface area (TPSA) is 105 Å². The third-order valence-electron chi connectivity index (χ3n) is 10.4. The van der Waals surface area contributed by atoms with Crippen molar-refractivity contribution < 1.29 is 32.9 Å². The standard InChI is InChI=1S/C50H93N2O6P/c1-6-8-10-12-14-16-18-20-22-23-24-25-26-27-28-29-30-32-34-36-38-40-42-44-50(54)51-48(47-58-59(55,56)57-46-45-52(3,4)5)49(53)43-41-39-37-35-33-31-21-19-17-15-13-11-9-7-2/h17,19,24-25,27-28,33,35,41,43,48-49,53H,6-16,18,20-23,26,29-32,34,36-40,42,44-47H2,1-5H3,(H-,51,54,55,56)/p+1/b19-17+,25-24-,28-27-,35-33+,43-41+. The Hall–Kier alpha value is -1.80. The molecule has 0 aromatic carbocycles. The lowest BCUT2D eigenvalue weighted by molar-refractivity contribution is -0.870. The van der Waals surface area contributed by atoms with E-state index in [0.717, 1.165) is 64.2 Å². The highest BCUT2D eigenvalue weighted by atomic mass is 31.2. The van der Waals surface area contributed by atoms with Crippen LogP contribution in [0.15, 0.2) is 60.8 Å². The van der Waals surface area contributed by atoms with Crippen LogP contribution in [0.3, 0.4) is 0 Å². The molecule has 3 atom stereocenters. The van der Waals surface area contributed by atoms with E-state index in [1.54, 1.807) is 6.08 Å². The van der Waals surface area contributed by atoms with Crippen LogP contribution in [0.2, 0.25) is 0 Å². The second kappa shape index (κ2) is 41.5. The molecule has 0 aromatic rings. The van der Waals surface area contributed by atoms with E-state index in [9.17, 15) is 19.4 Å². The van der Waals surface area contributed by atoms with Crippen LogP contribution in [0, 0.1) is 0 Å². The third-order valence-corrected chi connectivity index (χ3v) is 11.4. The average Bonchev–Trinajstić information content (AvgIpc) is 3.19. The van der Waals surface area contributed by atoms with Crippen molar-refractivity contribution in [3.8, 4) is 0 Å². The number of phosphoric acid groups is 1. The summed E-state index contributed by atoms with van der Waals surface area (Å²) in [4.78, 5) is 23.1. The van der Waals surface area contributed by atoms with E-state index in [4.69, 9.17) is 9.05 Å². The number of rotatable bonds is 43. The lowest BCUT2D eigenvalue weighted by atomic mass is 10.1. The highest BCUT2D eigenvalue weighted by molar-refractivity contribution is 7.47. The monoisotopic (exact) mass is 850 g/mol. The van der Waals surface area contributed by atoms with Gasteiger partial charge in [0.2, 0.25) is 5.91 Å². The number of likely N-dealkylation sites (N-methyl/N-ethyl adjacent to an activating group) is 1. The summed E-state index contributed by atoms with van der Waals surface area (Å²) in [5.74, 6) is -0.201. The van der Waals surface area contributed by atoms with E-state index in [1.807, 2.05) is 27.2 Å². The lowest BCUT2D eigenvalue weighted by Gasteiger charge is -2.25. The molecule has 0 saturated carbocycles. The average molecular weight is 850 g/mol. The second-order valence-electron chi connectivity index (χ2n) is 17.5. The maximum absolute atomic E-state index is 12.9. The van der Waals surface area contributed by atoms with Gasteiger partial charge in [0.05, 0.1) is 39.9 Å². The van der Waals surface area contributed by atoms with Crippen LogP contribution in [0.4, 0.5) is 0 Å². The first-order chi connectivity index (χ1) is 28.5. The van der Waals surface area contributed by atoms with E-state index in [2.05, 4.69) is 67.8 Å². The minimum atomic E-state index is -4.35. The minimum absolute atomic E-state index is 0.0496. The third kappa shape index (κ3) is 44.1. The number of allylic oxidation sites excluding steroid dienone is 9. The molecule has 1 amide bonds.